The lowest BCUT2D eigenvalue weighted by Gasteiger charge is -2.32. The highest BCUT2D eigenvalue weighted by Gasteiger charge is 2.28. The first-order chi connectivity index (χ1) is 12.1. The summed E-state index contributed by atoms with van der Waals surface area (Å²) in [5.41, 5.74) is 1.90. The third kappa shape index (κ3) is 3.10. The number of carbonyl (C=O) groups excluding carboxylic acids is 1. The van der Waals surface area contributed by atoms with Gasteiger partial charge in [-0.05, 0) is 37.3 Å². The third-order valence-electron chi connectivity index (χ3n) is 4.27. The zero-order valence-corrected chi connectivity index (χ0v) is 13.7. The molecule has 1 fully saturated rings. The van der Waals surface area contributed by atoms with E-state index in [1.165, 1.54) is 12.1 Å². The number of aryl methyl sites for hydroxylation is 1. The molecule has 1 atom stereocenters. The third-order valence-corrected chi connectivity index (χ3v) is 4.27. The summed E-state index contributed by atoms with van der Waals surface area (Å²) in [5, 5.41) is 0.802. The number of aromatic nitrogens is 3. The molecule has 1 amide bonds. The molecular weight excluding hydrogens is 323 g/mol. The number of carbonyl (C=O) groups is 1. The summed E-state index contributed by atoms with van der Waals surface area (Å²) in [6.07, 6.45) is 1.34. The van der Waals surface area contributed by atoms with Crippen LogP contribution >= 0.6 is 0 Å². The van der Waals surface area contributed by atoms with Gasteiger partial charge in [-0.1, -0.05) is 0 Å². The van der Waals surface area contributed by atoms with Crippen LogP contribution in [0.4, 0.5) is 4.39 Å². The number of ether oxygens (including phenoxy) is 1. The molecule has 0 spiro atoms. The fourth-order valence-electron chi connectivity index (χ4n) is 3.00. The largest absolute Gasteiger partial charge is 0.367 e. The zero-order valence-electron chi connectivity index (χ0n) is 13.7. The number of halogens is 1. The minimum atomic E-state index is -0.348. The summed E-state index contributed by atoms with van der Waals surface area (Å²) in [6.45, 7) is 3.18. The van der Waals surface area contributed by atoms with Gasteiger partial charge in [-0.3, -0.25) is 4.79 Å². The van der Waals surface area contributed by atoms with Gasteiger partial charge in [0, 0.05) is 29.3 Å². The molecule has 0 saturated carbocycles. The van der Waals surface area contributed by atoms with Gasteiger partial charge in [-0.2, -0.15) is 0 Å². The van der Waals surface area contributed by atoms with Gasteiger partial charge in [-0.25, -0.2) is 14.4 Å². The van der Waals surface area contributed by atoms with E-state index in [1.54, 1.807) is 23.2 Å². The van der Waals surface area contributed by atoms with E-state index in [-0.39, 0.29) is 17.8 Å². The van der Waals surface area contributed by atoms with Crippen LogP contribution in [-0.4, -0.2) is 45.5 Å². The molecule has 0 unspecified atom stereocenters. The zero-order chi connectivity index (χ0) is 17.4. The molecule has 128 valence electrons. The summed E-state index contributed by atoms with van der Waals surface area (Å²) in [6, 6.07) is 7.98. The number of aromatic amines is 1. The molecule has 1 N–H and O–H groups in total. The number of hydrogen-bond donors (Lipinski definition) is 1. The number of amides is 1. The van der Waals surface area contributed by atoms with Crippen LogP contribution in [0.5, 0.6) is 0 Å². The minimum Gasteiger partial charge on any atom is -0.367 e. The fourth-order valence-corrected chi connectivity index (χ4v) is 3.00. The second kappa shape index (κ2) is 6.25. The van der Waals surface area contributed by atoms with Crippen LogP contribution in [0.1, 0.15) is 28.1 Å². The SMILES string of the molecule is Cc1ccnc([C@H]2CN(C(=O)c3cc4ccc(F)cc4[nH]3)CCO2)n1. The summed E-state index contributed by atoms with van der Waals surface area (Å²) < 4.78 is 19.1. The van der Waals surface area contributed by atoms with Crippen molar-refractivity contribution in [1.82, 2.24) is 19.9 Å². The molecule has 0 aliphatic carbocycles. The van der Waals surface area contributed by atoms with E-state index in [4.69, 9.17) is 4.74 Å². The normalized spacial score (nSPS) is 17.8. The van der Waals surface area contributed by atoms with Crippen molar-refractivity contribution in [3.8, 4) is 0 Å². The van der Waals surface area contributed by atoms with Crippen LogP contribution in [0.25, 0.3) is 10.9 Å². The van der Waals surface area contributed by atoms with Crippen molar-refractivity contribution in [2.75, 3.05) is 19.7 Å². The van der Waals surface area contributed by atoms with Crippen LogP contribution in [0, 0.1) is 12.7 Å². The van der Waals surface area contributed by atoms with Gasteiger partial charge >= 0.3 is 0 Å². The molecular formula is C18H17FN4O2. The molecule has 4 rings (SSSR count). The van der Waals surface area contributed by atoms with E-state index in [0.717, 1.165) is 11.1 Å². The minimum absolute atomic E-state index is 0.141. The van der Waals surface area contributed by atoms with E-state index in [9.17, 15) is 9.18 Å². The van der Waals surface area contributed by atoms with Gasteiger partial charge in [-0.15, -0.1) is 0 Å². The van der Waals surface area contributed by atoms with Crippen LogP contribution in [0.15, 0.2) is 36.5 Å². The molecule has 6 nitrogen and oxygen atoms in total. The van der Waals surface area contributed by atoms with Crippen molar-refractivity contribution in [3.63, 3.8) is 0 Å². The fraction of sp³-hybridized carbons (Fsp3) is 0.278. The summed E-state index contributed by atoms with van der Waals surface area (Å²) in [7, 11) is 0. The Morgan fingerprint density at radius 1 is 1.36 bits per heavy atom. The highest BCUT2D eigenvalue weighted by atomic mass is 19.1. The Morgan fingerprint density at radius 2 is 2.24 bits per heavy atom. The number of nitrogens with zero attached hydrogens (tertiary/aromatic N) is 3. The van der Waals surface area contributed by atoms with E-state index in [0.29, 0.717) is 36.7 Å². The molecule has 7 heteroatoms. The molecule has 1 aliphatic rings. The smallest absolute Gasteiger partial charge is 0.270 e. The maximum absolute atomic E-state index is 13.3. The highest BCUT2D eigenvalue weighted by molar-refractivity contribution is 5.98. The summed E-state index contributed by atoms with van der Waals surface area (Å²) >= 11 is 0. The first-order valence-corrected chi connectivity index (χ1v) is 8.09. The first kappa shape index (κ1) is 15.7. The van der Waals surface area contributed by atoms with Gasteiger partial charge in [0.05, 0.1) is 13.2 Å². The first-order valence-electron chi connectivity index (χ1n) is 8.09. The van der Waals surface area contributed by atoms with Crippen molar-refractivity contribution in [2.45, 2.75) is 13.0 Å². The Morgan fingerprint density at radius 3 is 3.08 bits per heavy atom. The number of nitrogens with one attached hydrogen (secondary N) is 1. The second-order valence-corrected chi connectivity index (χ2v) is 6.08. The van der Waals surface area contributed by atoms with E-state index < -0.39 is 0 Å². The van der Waals surface area contributed by atoms with E-state index >= 15 is 0 Å². The monoisotopic (exact) mass is 340 g/mol. The predicted octanol–water partition coefficient (Wildman–Crippen LogP) is 2.62. The maximum atomic E-state index is 13.3. The lowest BCUT2D eigenvalue weighted by Crippen LogP contribution is -2.42. The standard InChI is InChI=1S/C18H17FN4O2/c1-11-4-5-20-17(21-11)16-10-23(6-7-25-16)18(24)15-8-12-2-3-13(19)9-14(12)22-15/h2-5,8-9,16,22H,6-7,10H2,1H3/t16-/m1/s1. The summed E-state index contributed by atoms with van der Waals surface area (Å²) in [5.74, 6) is 0.102. The van der Waals surface area contributed by atoms with Crippen molar-refractivity contribution in [1.29, 1.82) is 0 Å². The highest BCUT2D eigenvalue weighted by Crippen LogP contribution is 2.22. The Balaban J connectivity index is 1.56. The Bertz CT molecular complexity index is 940. The maximum Gasteiger partial charge on any atom is 0.270 e. The number of rotatable bonds is 2. The van der Waals surface area contributed by atoms with Crippen LogP contribution in [0.3, 0.4) is 0 Å². The predicted molar refractivity (Wildman–Crippen MR) is 89.6 cm³/mol. The van der Waals surface area contributed by atoms with Gasteiger partial charge < -0.3 is 14.6 Å². The topological polar surface area (TPSA) is 71.1 Å². The number of fused-ring (bicyclic) bond motifs is 1. The molecule has 3 heterocycles. The van der Waals surface area contributed by atoms with Crippen molar-refractivity contribution >= 4 is 16.8 Å². The van der Waals surface area contributed by atoms with Gasteiger partial charge in [0.25, 0.3) is 5.91 Å². The molecule has 1 aliphatic heterocycles. The average Bonchev–Trinajstić information content (AvgIpc) is 3.04. The number of H-pyrrole nitrogens is 1. The quantitative estimate of drug-likeness (QED) is 0.778. The lowest BCUT2D eigenvalue weighted by atomic mass is 10.2. The Hall–Kier alpha value is -2.80. The van der Waals surface area contributed by atoms with E-state index in [2.05, 4.69) is 15.0 Å². The molecule has 25 heavy (non-hydrogen) atoms. The van der Waals surface area contributed by atoms with Crippen molar-refractivity contribution in [2.24, 2.45) is 0 Å². The average molecular weight is 340 g/mol. The number of benzene rings is 1. The van der Waals surface area contributed by atoms with Gasteiger partial charge in [0.15, 0.2) is 5.82 Å². The summed E-state index contributed by atoms with van der Waals surface area (Å²) in [4.78, 5) is 26.1. The number of hydrogen-bond acceptors (Lipinski definition) is 4. The molecule has 0 radical (unpaired) electrons. The molecule has 3 aromatic rings. The molecule has 1 aromatic carbocycles. The van der Waals surface area contributed by atoms with E-state index in [1.807, 2.05) is 13.0 Å². The van der Waals surface area contributed by atoms with Crippen LogP contribution < -0.4 is 0 Å². The Kier molecular flexibility index (Phi) is 3.93. The van der Waals surface area contributed by atoms with Gasteiger partial charge in [0.1, 0.15) is 17.6 Å². The van der Waals surface area contributed by atoms with Crippen molar-refractivity contribution in [3.05, 3.63) is 59.6 Å². The number of morpholine rings is 1. The molecule has 0 bridgehead atoms. The second-order valence-electron chi connectivity index (χ2n) is 6.08. The molecule has 2 aromatic heterocycles. The van der Waals surface area contributed by atoms with Crippen LogP contribution in [-0.2, 0) is 4.74 Å². The molecule has 1 saturated heterocycles. The van der Waals surface area contributed by atoms with Crippen LogP contribution in [0.2, 0.25) is 0 Å². The lowest BCUT2D eigenvalue weighted by molar-refractivity contribution is -0.0270. The Labute approximate surface area is 143 Å². The van der Waals surface area contributed by atoms with Crippen molar-refractivity contribution < 1.29 is 13.9 Å². The van der Waals surface area contributed by atoms with Gasteiger partial charge in [0.2, 0.25) is 0 Å².